The van der Waals surface area contributed by atoms with E-state index in [9.17, 15) is 9.59 Å². The standard InChI is InChI=1S/C25H49NO5/c1-2-3-4-5-6-7-8-9-10-11-12-13-14-15-20-30-22-23-31-21-16-19-26-24(27)17-18-25(28)29/h2-23H2,1H3,(H,26,27)(H,28,29). The molecule has 0 atom stereocenters. The van der Waals surface area contributed by atoms with Gasteiger partial charge in [-0.1, -0.05) is 90.4 Å². The van der Waals surface area contributed by atoms with E-state index in [0.29, 0.717) is 26.4 Å². The fourth-order valence-electron chi connectivity index (χ4n) is 3.43. The van der Waals surface area contributed by atoms with E-state index < -0.39 is 5.97 Å². The molecule has 0 saturated heterocycles. The first-order valence-electron chi connectivity index (χ1n) is 12.8. The zero-order chi connectivity index (χ0) is 22.8. The zero-order valence-electron chi connectivity index (χ0n) is 20.1. The van der Waals surface area contributed by atoms with Crippen molar-refractivity contribution < 1.29 is 24.2 Å². The van der Waals surface area contributed by atoms with E-state index in [1.54, 1.807) is 0 Å². The Kier molecular flexibility index (Phi) is 24.2. The first-order valence-corrected chi connectivity index (χ1v) is 12.8. The summed E-state index contributed by atoms with van der Waals surface area (Å²) < 4.78 is 11.1. The monoisotopic (exact) mass is 443 g/mol. The second-order valence-corrected chi connectivity index (χ2v) is 8.42. The van der Waals surface area contributed by atoms with Crippen LogP contribution in [-0.4, -0.2) is 50.0 Å². The van der Waals surface area contributed by atoms with Crippen molar-refractivity contribution in [3.63, 3.8) is 0 Å². The number of hydrogen-bond acceptors (Lipinski definition) is 4. The average Bonchev–Trinajstić information content (AvgIpc) is 2.75. The molecule has 0 aliphatic heterocycles. The maximum Gasteiger partial charge on any atom is 0.303 e. The third kappa shape index (κ3) is 26.8. The quantitative estimate of drug-likeness (QED) is 0.172. The Morgan fingerprint density at radius 1 is 0.613 bits per heavy atom. The van der Waals surface area contributed by atoms with Gasteiger partial charge in [-0.3, -0.25) is 9.59 Å². The van der Waals surface area contributed by atoms with Crippen LogP contribution in [-0.2, 0) is 19.1 Å². The molecular formula is C25H49NO5. The second kappa shape index (κ2) is 25.1. The van der Waals surface area contributed by atoms with Crippen LogP contribution in [0.2, 0.25) is 0 Å². The smallest absolute Gasteiger partial charge is 0.303 e. The molecule has 6 nitrogen and oxygen atoms in total. The molecule has 0 aromatic rings. The summed E-state index contributed by atoms with van der Waals surface area (Å²) in [4.78, 5) is 21.7. The summed E-state index contributed by atoms with van der Waals surface area (Å²) in [5.41, 5.74) is 0. The number of unbranched alkanes of at least 4 members (excludes halogenated alkanes) is 13. The molecule has 31 heavy (non-hydrogen) atoms. The summed E-state index contributed by atoms with van der Waals surface area (Å²) in [5.74, 6) is -1.17. The fourth-order valence-corrected chi connectivity index (χ4v) is 3.43. The highest BCUT2D eigenvalue weighted by Gasteiger charge is 2.04. The Bertz CT molecular complexity index is 403. The number of rotatable bonds is 25. The van der Waals surface area contributed by atoms with E-state index in [2.05, 4.69) is 12.2 Å². The number of ether oxygens (including phenoxy) is 2. The number of hydrogen-bond donors (Lipinski definition) is 2. The van der Waals surface area contributed by atoms with Gasteiger partial charge in [0.05, 0.1) is 19.6 Å². The number of carboxylic acids is 1. The van der Waals surface area contributed by atoms with Gasteiger partial charge in [0, 0.05) is 26.2 Å². The van der Waals surface area contributed by atoms with Crippen molar-refractivity contribution in [1.82, 2.24) is 5.32 Å². The van der Waals surface area contributed by atoms with Crippen molar-refractivity contribution in [3.8, 4) is 0 Å². The number of amides is 1. The van der Waals surface area contributed by atoms with Gasteiger partial charge >= 0.3 is 5.97 Å². The molecule has 0 fully saturated rings. The van der Waals surface area contributed by atoms with E-state index in [1.807, 2.05) is 0 Å². The zero-order valence-corrected chi connectivity index (χ0v) is 20.1. The normalized spacial score (nSPS) is 11.0. The molecule has 0 heterocycles. The first kappa shape index (κ1) is 29.9. The SMILES string of the molecule is CCCCCCCCCCCCCCCCOCCOCCCNC(=O)CCC(=O)O. The number of carbonyl (C=O) groups is 2. The lowest BCUT2D eigenvalue weighted by Gasteiger charge is -2.07. The molecule has 0 aliphatic rings. The molecule has 0 bridgehead atoms. The Morgan fingerprint density at radius 2 is 1.06 bits per heavy atom. The van der Waals surface area contributed by atoms with E-state index in [4.69, 9.17) is 14.6 Å². The molecule has 0 aromatic heterocycles. The van der Waals surface area contributed by atoms with Crippen LogP contribution in [0.3, 0.4) is 0 Å². The maximum absolute atomic E-state index is 11.3. The van der Waals surface area contributed by atoms with Gasteiger partial charge in [0.15, 0.2) is 0 Å². The lowest BCUT2D eigenvalue weighted by Crippen LogP contribution is -2.25. The molecule has 0 radical (unpaired) electrons. The highest BCUT2D eigenvalue weighted by molar-refractivity contribution is 5.80. The molecule has 0 spiro atoms. The highest BCUT2D eigenvalue weighted by atomic mass is 16.5. The molecule has 2 N–H and O–H groups in total. The van der Waals surface area contributed by atoms with E-state index >= 15 is 0 Å². The van der Waals surface area contributed by atoms with Gasteiger partial charge in [-0.05, 0) is 12.8 Å². The molecule has 0 aliphatic carbocycles. The van der Waals surface area contributed by atoms with Crippen LogP contribution in [0.1, 0.15) is 116 Å². The minimum absolute atomic E-state index is 0.0310. The van der Waals surface area contributed by atoms with Crippen molar-refractivity contribution >= 4 is 11.9 Å². The second-order valence-electron chi connectivity index (χ2n) is 8.42. The lowest BCUT2D eigenvalue weighted by molar-refractivity contribution is -0.138. The maximum atomic E-state index is 11.3. The van der Waals surface area contributed by atoms with Gasteiger partial charge in [0.2, 0.25) is 5.91 Å². The van der Waals surface area contributed by atoms with Gasteiger partial charge in [0.25, 0.3) is 0 Å². The molecule has 0 unspecified atom stereocenters. The van der Waals surface area contributed by atoms with Crippen molar-refractivity contribution in [1.29, 1.82) is 0 Å². The van der Waals surface area contributed by atoms with E-state index in [0.717, 1.165) is 19.4 Å². The number of aliphatic carboxylic acids is 1. The Balaban J connectivity index is 3.08. The summed E-state index contributed by atoms with van der Waals surface area (Å²) in [5, 5.41) is 11.2. The van der Waals surface area contributed by atoms with Gasteiger partial charge in [-0.25, -0.2) is 0 Å². The largest absolute Gasteiger partial charge is 0.481 e. The van der Waals surface area contributed by atoms with Crippen molar-refractivity contribution in [2.24, 2.45) is 0 Å². The Hall–Kier alpha value is -1.14. The van der Waals surface area contributed by atoms with Crippen LogP contribution >= 0.6 is 0 Å². The molecule has 1 amide bonds. The average molecular weight is 444 g/mol. The van der Waals surface area contributed by atoms with Gasteiger partial charge in [0.1, 0.15) is 0 Å². The van der Waals surface area contributed by atoms with Crippen LogP contribution in [0.5, 0.6) is 0 Å². The number of carbonyl (C=O) groups excluding carboxylic acids is 1. The number of nitrogens with one attached hydrogen (secondary N) is 1. The first-order chi connectivity index (χ1) is 15.2. The highest BCUT2D eigenvalue weighted by Crippen LogP contribution is 2.12. The number of carboxylic acid groups (broad SMARTS) is 1. The van der Waals surface area contributed by atoms with Crippen molar-refractivity contribution in [2.45, 2.75) is 116 Å². The van der Waals surface area contributed by atoms with Crippen LogP contribution in [0.4, 0.5) is 0 Å². The van der Waals surface area contributed by atoms with Gasteiger partial charge in [-0.2, -0.15) is 0 Å². The molecule has 0 saturated carbocycles. The molecule has 184 valence electrons. The van der Waals surface area contributed by atoms with Gasteiger partial charge in [-0.15, -0.1) is 0 Å². The van der Waals surface area contributed by atoms with Crippen LogP contribution in [0, 0.1) is 0 Å². The summed E-state index contributed by atoms with van der Waals surface area (Å²) in [6.45, 7) is 5.35. The van der Waals surface area contributed by atoms with Crippen molar-refractivity contribution in [2.75, 3.05) is 33.0 Å². The Morgan fingerprint density at radius 3 is 1.55 bits per heavy atom. The van der Waals surface area contributed by atoms with E-state index in [-0.39, 0.29) is 18.7 Å². The third-order valence-electron chi connectivity index (χ3n) is 5.37. The molecular weight excluding hydrogens is 394 g/mol. The predicted octanol–water partition coefficient (Wildman–Crippen LogP) is 5.87. The van der Waals surface area contributed by atoms with E-state index in [1.165, 1.54) is 83.5 Å². The molecule has 6 heteroatoms. The Labute approximate surface area is 190 Å². The van der Waals surface area contributed by atoms with Crippen molar-refractivity contribution in [3.05, 3.63) is 0 Å². The van der Waals surface area contributed by atoms with Crippen LogP contribution in [0.15, 0.2) is 0 Å². The fraction of sp³-hybridized carbons (Fsp3) is 0.920. The summed E-state index contributed by atoms with van der Waals surface area (Å²) >= 11 is 0. The van der Waals surface area contributed by atoms with Crippen LogP contribution in [0.25, 0.3) is 0 Å². The lowest BCUT2D eigenvalue weighted by atomic mass is 10.0. The summed E-state index contributed by atoms with van der Waals surface area (Å²) in [7, 11) is 0. The van der Waals surface area contributed by atoms with Gasteiger partial charge < -0.3 is 19.9 Å². The van der Waals surface area contributed by atoms with Crippen LogP contribution < -0.4 is 5.32 Å². The topological polar surface area (TPSA) is 84.9 Å². The molecule has 0 rings (SSSR count). The minimum atomic E-state index is -0.951. The molecule has 0 aromatic carbocycles. The third-order valence-corrected chi connectivity index (χ3v) is 5.37. The summed E-state index contributed by atoms with van der Waals surface area (Å²) in [6.07, 6.45) is 19.7. The summed E-state index contributed by atoms with van der Waals surface area (Å²) in [6, 6.07) is 0. The predicted molar refractivity (Wildman–Crippen MR) is 126 cm³/mol. The minimum Gasteiger partial charge on any atom is -0.481 e.